The van der Waals surface area contributed by atoms with Gasteiger partial charge in [-0.3, -0.25) is 4.79 Å². The maximum atomic E-state index is 13.2. The van der Waals surface area contributed by atoms with E-state index in [1.54, 1.807) is 0 Å². The van der Waals surface area contributed by atoms with Gasteiger partial charge < -0.3 is 14.7 Å². The predicted molar refractivity (Wildman–Crippen MR) is 137 cm³/mol. The molecule has 1 aromatic heterocycles. The number of nitrogens with zero attached hydrogens (tertiary/aromatic N) is 2. The molecule has 1 amide bonds. The standard InChI is InChI=1S/C27H36N2O3S2/c1-17(26(31)29-11-13-32-14-12-29)20-9-10-27(3)15-21-24(18(2)23(27)25(20)30)28-22(34-21)16-33-19-7-5-4-6-8-19/h4-8,17-18,20,23,25,30H,9-16H2,1-3H3/t17-,18+,20-,23+,25-,27+/m0/s1. The second-order valence-corrected chi connectivity index (χ2v) is 12.8. The van der Waals surface area contributed by atoms with Crippen molar-refractivity contribution in [3.05, 3.63) is 45.9 Å². The van der Waals surface area contributed by atoms with Gasteiger partial charge in [-0.2, -0.15) is 0 Å². The number of fused-ring (bicyclic) bond motifs is 2. The van der Waals surface area contributed by atoms with Gasteiger partial charge in [0.1, 0.15) is 5.01 Å². The molecule has 184 valence electrons. The van der Waals surface area contributed by atoms with Crippen LogP contribution in [0.25, 0.3) is 0 Å². The van der Waals surface area contributed by atoms with Crippen molar-refractivity contribution in [1.82, 2.24) is 9.88 Å². The van der Waals surface area contributed by atoms with Crippen LogP contribution in [0.4, 0.5) is 0 Å². The summed E-state index contributed by atoms with van der Waals surface area (Å²) < 4.78 is 5.42. The zero-order valence-corrected chi connectivity index (χ0v) is 22.0. The number of rotatable bonds is 5. The van der Waals surface area contributed by atoms with E-state index in [2.05, 4.69) is 38.1 Å². The smallest absolute Gasteiger partial charge is 0.225 e. The number of hydrogen-bond acceptors (Lipinski definition) is 6. The summed E-state index contributed by atoms with van der Waals surface area (Å²) in [6.07, 6.45) is 2.46. The Kier molecular flexibility index (Phi) is 7.09. The van der Waals surface area contributed by atoms with Crippen LogP contribution in [0.2, 0.25) is 0 Å². The Balaban J connectivity index is 1.32. The number of ether oxygens (including phenoxy) is 1. The Labute approximate surface area is 211 Å². The van der Waals surface area contributed by atoms with Crippen LogP contribution in [0.3, 0.4) is 0 Å². The van der Waals surface area contributed by atoms with Crippen molar-refractivity contribution < 1.29 is 14.6 Å². The molecule has 0 spiro atoms. The molecule has 2 aromatic rings. The fourth-order valence-electron chi connectivity index (χ4n) is 6.58. The molecule has 2 fully saturated rings. The number of thioether (sulfide) groups is 1. The Morgan fingerprint density at radius 3 is 2.79 bits per heavy atom. The number of aromatic nitrogens is 1. The van der Waals surface area contributed by atoms with Crippen molar-refractivity contribution in [2.45, 2.75) is 62.7 Å². The summed E-state index contributed by atoms with van der Waals surface area (Å²) in [4.78, 5) is 22.9. The zero-order chi connectivity index (χ0) is 23.9. The van der Waals surface area contributed by atoms with Gasteiger partial charge in [0, 0.05) is 34.7 Å². The summed E-state index contributed by atoms with van der Waals surface area (Å²) >= 11 is 3.69. The van der Waals surface area contributed by atoms with Crippen molar-refractivity contribution in [3.8, 4) is 0 Å². The number of aliphatic hydroxyl groups excluding tert-OH is 1. The van der Waals surface area contributed by atoms with Crippen LogP contribution < -0.4 is 0 Å². The van der Waals surface area contributed by atoms with Crippen LogP contribution in [0, 0.1) is 23.2 Å². The number of hydrogen-bond donors (Lipinski definition) is 1. The molecule has 1 aliphatic heterocycles. The summed E-state index contributed by atoms with van der Waals surface area (Å²) in [5.74, 6) is 1.23. The molecule has 6 atom stereocenters. The average Bonchev–Trinajstić information content (AvgIpc) is 3.26. The van der Waals surface area contributed by atoms with Crippen LogP contribution in [0.15, 0.2) is 35.2 Å². The van der Waals surface area contributed by atoms with Crippen LogP contribution in [0.5, 0.6) is 0 Å². The SMILES string of the molecule is C[C@H](C(=O)N1CCOCC1)[C@@H]1CC[C@]2(C)Cc3sc(CSc4ccccc4)nc3[C@H](C)[C@@H]2[C@H]1O. The highest BCUT2D eigenvalue weighted by molar-refractivity contribution is 7.98. The van der Waals surface area contributed by atoms with E-state index in [1.165, 1.54) is 20.5 Å². The number of benzene rings is 1. The molecule has 0 unspecified atom stereocenters. The normalized spacial score (nSPS) is 32.1. The van der Waals surface area contributed by atoms with E-state index >= 15 is 0 Å². The Bertz CT molecular complexity index is 1010. The van der Waals surface area contributed by atoms with Crippen molar-refractivity contribution in [1.29, 1.82) is 0 Å². The Hall–Kier alpha value is -1.41. The highest BCUT2D eigenvalue weighted by Crippen LogP contribution is 2.57. The van der Waals surface area contributed by atoms with Gasteiger partial charge in [0.25, 0.3) is 0 Å². The lowest BCUT2D eigenvalue weighted by Gasteiger charge is -2.53. The number of carbonyl (C=O) groups is 1. The van der Waals surface area contributed by atoms with Gasteiger partial charge >= 0.3 is 0 Å². The molecule has 0 radical (unpaired) electrons. The summed E-state index contributed by atoms with van der Waals surface area (Å²) in [7, 11) is 0. The maximum Gasteiger partial charge on any atom is 0.225 e. The fourth-order valence-corrected chi connectivity index (χ4v) is 8.86. The van der Waals surface area contributed by atoms with Crippen LogP contribution >= 0.6 is 23.1 Å². The van der Waals surface area contributed by atoms with Gasteiger partial charge in [0.2, 0.25) is 5.91 Å². The molecule has 1 saturated carbocycles. The second-order valence-electron chi connectivity index (χ2n) is 10.6. The minimum atomic E-state index is -0.481. The lowest BCUT2D eigenvalue weighted by molar-refractivity contribution is -0.148. The summed E-state index contributed by atoms with van der Waals surface area (Å²) in [6, 6.07) is 10.5. The molecule has 1 saturated heterocycles. The summed E-state index contributed by atoms with van der Waals surface area (Å²) in [6.45, 7) is 9.17. The van der Waals surface area contributed by atoms with Gasteiger partial charge in [-0.15, -0.1) is 23.1 Å². The fraction of sp³-hybridized carbons (Fsp3) is 0.630. The highest BCUT2D eigenvalue weighted by atomic mass is 32.2. The van der Waals surface area contributed by atoms with E-state index in [9.17, 15) is 9.90 Å². The minimum Gasteiger partial charge on any atom is -0.392 e. The number of thiazole rings is 1. The third-order valence-electron chi connectivity index (χ3n) is 8.43. The van der Waals surface area contributed by atoms with E-state index in [4.69, 9.17) is 9.72 Å². The quantitative estimate of drug-likeness (QED) is 0.587. The monoisotopic (exact) mass is 500 g/mol. The van der Waals surface area contributed by atoms with Crippen LogP contribution in [0.1, 0.15) is 55.1 Å². The molecule has 5 rings (SSSR count). The largest absolute Gasteiger partial charge is 0.392 e. The molecule has 1 N–H and O–H groups in total. The van der Waals surface area contributed by atoms with E-state index in [-0.39, 0.29) is 35.0 Å². The maximum absolute atomic E-state index is 13.2. The Morgan fingerprint density at radius 1 is 1.32 bits per heavy atom. The van der Waals surface area contributed by atoms with E-state index in [0.717, 1.165) is 25.0 Å². The first kappa shape index (κ1) is 24.3. The highest BCUT2D eigenvalue weighted by Gasteiger charge is 2.54. The number of aliphatic hydroxyl groups is 1. The average molecular weight is 501 g/mol. The first-order valence-corrected chi connectivity index (χ1v) is 14.4. The Morgan fingerprint density at radius 2 is 2.06 bits per heavy atom. The van der Waals surface area contributed by atoms with Crippen molar-refractivity contribution in [3.63, 3.8) is 0 Å². The molecular weight excluding hydrogens is 464 g/mol. The zero-order valence-electron chi connectivity index (χ0n) is 20.4. The molecule has 1 aromatic carbocycles. The molecule has 2 aliphatic carbocycles. The number of morpholine rings is 1. The second kappa shape index (κ2) is 9.92. The first-order valence-electron chi connectivity index (χ1n) is 12.6. The van der Waals surface area contributed by atoms with Crippen molar-refractivity contribution >= 4 is 29.0 Å². The molecule has 34 heavy (non-hydrogen) atoms. The van der Waals surface area contributed by atoms with Gasteiger partial charge in [-0.25, -0.2) is 4.98 Å². The van der Waals surface area contributed by atoms with Crippen molar-refractivity contribution in [2.24, 2.45) is 23.2 Å². The molecular formula is C27H36N2O3S2. The lowest BCUT2D eigenvalue weighted by atomic mass is 9.53. The number of carbonyl (C=O) groups excluding carboxylic acids is 1. The van der Waals surface area contributed by atoms with Gasteiger partial charge in [0.05, 0.1) is 30.8 Å². The topological polar surface area (TPSA) is 62.7 Å². The van der Waals surface area contributed by atoms with Crippen molar-refractivity contribution in [2.75, 3.05) is 26.3 Å². The third-order valence-corrected chi connectivity index (χ3v) is 10.7. The first-order chi connectivity index (χ1) is 16.4. The van der Waals surface area contributed by atoms with Crippen LogP contribution in [-0.2, 0) is 21.7 Å². The van der Waals surface area contributed by atoms with Crippen LogP contribution in [-0.4, -0.2) is 53.3 Å². The summed E-state index contributed by atoms with van der Waals surface area (Å²) in [5.41, 5.74) is 1.24. The van der Waals surface area contributed by atoms with Gasteiger partial charge in [-0.1, -0.05) is 39.0 Å². The van der Waals surface area contributed by atoms with E-state index in [1.807, 2.05) is 41.0 Å². The molecule has 3 aliphatic rings. The number of amides is 1. The lowest BCUT2D eigenvalue weighted by Crippen LogP contribution is -2.54. The minimum absolute atomic E-state index is 0.00385. The predicted octanol–water partition coefficient (Wildman–Crippen LogP) is 4.98. The molecule has 7 heteroatoms. The van der Waals surface area contributed by atoms with E-state index in [0.29, 0.717) is 26.3 Å². The molecule has 5 nitrogen and oxygen atoms in total. The van der Waals surface area contributed by atoms with Gasteiger partial charge in [0.15, 0.2) is 0 Å². The molecule has 0 bridgehead atoms. The molecule has 2 heterocycles. The third kappa shape index (κ3) is 4.57. The summed E-state index contributed by atoms with van der Waals surface area (Å²) in [5, 5.41) is 12.9. The van der Waals surface area contributed by atoms with Gasteiger partial charge in [-0.05, 0) is 48.6 Å². The van der Waals surface area contributed by atoms with E-state index < -0.39 is 6.10 Å².